The van der Waals surface area contributed by atoms with Crippen LogP contribution in [0.5, 0.6) is 0 Å². The monoisotopic (exact) mass is 525 g/mol. The first-order valence-corrected chi connectivity index (χ1v) is 14.2. The average Bonchev–Trinajstić information content (AvgIpc) is 3.60. The van der Waals surface area contributed by atoms with Crippen molar-refractivity contribution in [1.29, 1.82) is 0 Å². The molecule has 3 aromatic heterocycles. The SMILES string of the molecule is CC1(C)c2ccccc2-c2ccc(-n3c4ccccc4c4cc5c(nc43)c3ccccc3n5-c3ccccc3)cc21. The number of nitrogens with zero attached hydrogens (tertiary/aromatic N) is 3. The molecule has 8 aromatic rings. The molecule has 3 heterocycles. The van der Waals surface area contributed by atoms with Crippen molar-refractivity contribution < 1.29 is 0 Å². The molecule has 0 atom stereocenters. The maximum absolute atomic E-state index is 5.48. The van der Waals surface area contributed by atoms with E-state index in [2.05, 4.69) is 150 Å². The fraction of sp³-hybridized carbons (Fsp3) is 0.0789. The van der Waals surface area contributed by atoms with Crippen LogP contribution in [0.15, 0.2) is 127 Å². The number of benzene rings is 5. The van der Waals surface area contributed by atoms with E-state index in [9.17, 15) is 0 Å². The molecule has 0 fully saturated rings. The second kappa shape index (κ2) is 7.96. The number of fused-ring (bicyclic) bond motifs is 9. The largest absolute Gasteiger partial charge is 0.308 e. The molecule has 0 saturated heterocycles. The van der Waals surface area contributed by atoms with Gasteiger partial charge in [0.25, 0.3) is 0 Å². The van der Waals surface area contributed by atoms with Crippen molar-refractivity contribution in [3.63, 3.8) is 0 Å². The summed E-state index contributed by atoms with van der Waals surface area (Å²) in [5.41, 5.74) is 13.1. The van der Waals surface area contributed by atoms with Crippen LogP contribution in [0, 0.1) is 0 Å². The van der Waals surface area contributed by atoms with Crippen LogP contribution in [0.4, 0.5) is 0 Å². The van der Waals surface area contributed by atoms with Crippen molar-refractivity contribution >= 4 is 43.9 Å². The van der Waals surface area contributed by atoms with Crippen LogP contribution < -0.4 is 0 Å². The maximum Gasteiger partial charge on any atom is 0.146 e. The van der Waals surface area contributed by atoms with E-state index in [-0.39, 0.29) is 5.41 Å². The third-order valence-corrected chi connectivity index (χ3v) is 9.11. The molecular weight excluding hydrogens is 498 g/mol. The average molecular weight is 526 g/mol. The Morgan fingerprint density at radius 2 is 1.15 bits per heavy atom. The van der Waals surface area contributed by atoms with Crippen molar-refractivity contribution in [2.24, 2.45) is 0 Å². The highest BCUT2D eigenvalue weighted by Crippen LogP contribution is 2.49. The summed E-state index contributed by atoms with van der Waals surface area (Å²) >= 11 is 0. The molecule has 3 heteroatoms. The number of aromatic nitrogens is 3. The van der Waals surface area contributed by atoms with Crippen LogP contribution in [-0.4, -0.2) is 14.1 Å². The van der Waals surface area contributed by atoms with Gasteiger partial charge in [-0.1, -0.05) is 98.8 Å². The molecule has 5 aromatic carbocycles. The van der Waals surface area contributed by atoms with Crippen molar-refractivity contribution in [3.05, 3.63) is 139 Å². The quantitative estimate of drug-likeness (QED) is 0.220. The predicted molar refractivity (Wildman–Crippen MR) is 170 cm³/mol. The van der Waals surface area contributed by atoms with Crippen LogP contribution in [-0.2, 0) is 5.41 Å². The van der Waals surface area contributed by atoms with Gasteiger partial charge in [0.2, 0.25) is 0 Å². The molecule has 0 N–H and O–H groups in total. The zero-order chi connectivity index (χ0) is 27.3. The third kappa shape index (κ3) is 2.95. The Labute approximate surface area is 237 Å². The first kappa shape index (κ1) is 22.6. The molecule has 194 valence electrons. The van der Waals surface area contributed by atoms with Gasteiger partial charge in [0.1, 0.15) is 5.65 Å². The van der Waals surface area contributed by atoms with E-state index in [1.54, 1.807) is 0 Å². The van der Waals surface area contributed by atoms with Gasteiger partial charge in [-0.2, -0.15) is 0 Å². The summed E-state index contributed by atoms with van der Waals surface area (Å²) in [5, 5.41) is 3.54. The molecular formula is C38H27N3. The molecule has 0 amide bonds. The van der Waals surface area contributed by atoms with E-state index in [0.29, 0.717) is 0 Å². The summed E-state index contributed by atoms with van der Waals surface area (Å²) in [6.45, 7) is 4.68. The van der Waals surface area contributed by atoms with Gasteiger partial charge in [0.05, 0.1) is 22.1 Å². The van der Waals surface area contributed by atoms with Crippen molar-refractivity contribution in [2.45, 2.75) is 19.3 Å². The second-order valence-corrected chi connectivity index (χ2v) is 11.7. The van der Waals surface area contributed by atoms with Gasteiger partial charge in [0, 0.05) is 32.9 Å². The highest BCUT2D eigenvalue weighted by atomic mass is 15.1. The minimum absolute atomic E-state index is 0.0650. The number of rotatable bonds is 2. The molecule has 0 aliphatic heterocycles. The lowest BCUT2D eigenvalue weighted by molar-refractivity contribution is 0.660. The molecule has 41 heavy (non-hydrogen) atoms. The topological polar surface area (TPSA) is 22.8 Å². The van der Waals surface area contributed by atoms with Crippen molar-refractivity contribution in [1.82, 2.24) is 14.1 Å². The Morgan fingerprint density at radius 3 is 1.98 bits per heavy atom. The lowest BCUT2D eigenvalue weighted by atomic mass is 9.82. The zero-order valence-corrected chi connectivity index (χ0v) is 23.0. The zero-order valence-electron chi connectivity index (χ0n) is 23.0. The van der Waals surface area contributed by atoms with E-state index in [1.807, 2.05) is 0 Å². The van der Waals surface area contributed by atoms with Crippen LogP contribution in [0.25, 0.3) is 66.4 Å². The fourth-order valence-corrected chi connectivity index (χ4v) is 7.19. The van der Waals surface area contributed by atoms with Crippen LogP contribution in [0.2, 0.25) is 0 Å². The van der Waals surface area contributed by atoms with Crippen LogP contribution >= 0.6 is 0 Å². The Bertz CT molecular complexity index is 2330. The summed E-state index contributed by atoms with van der Waals surface area (Å²) in [6.07, 6.45) is 0. The highest BCUT2D eigenvalue weighted by molar-refractivity contribution is 6.15. The first-order valence-electron chi connectivity index (χ1n) is 14.2. The van der Waals surface area contributed by atoms with E-state index < -0.39 is 0 Å². The van der Waals surface area contributed by atoms with Gasteiger partial charge in [-0.05, 0) is 64.7 Å². The van der Waals surface area contributed by atoms with Gasteiger partial charge >= 0.3 is 0 Å². The fourth-order valence-electron chi connectivity index (χ4n) is 7.19. The van der Waals surface area contributed by atoms with E-state index in [4.69, 9.17) is 4.98 Å². The standard InChI is InChI=1S/C38H27N3/c1-38(2)31-17-9-6-14-26(31)27-21-20-25(22-32(27)38)41-33-18-10-7-15-28(33)30-23-35-36(39-37(30)41)29-16-8-11-19-34(29)40(35)24-12-4-3-5-13-24/h3-23H,1-2H3. The van der Waals surface area contributed by atoms with Crippen molar-refractivity contribution in [3.8, 4) is 22.5 Å². The van der Waals surface area contributed by atoms with Crippen LogP contribution in [0.1, 0.15) is 25.0 Å². The lowest BCUT2D eigenvalue weighted by Crippen LogP contribution is -2.15. The molecule has 1 aliphatic carbocycles. The van der Waals surface area contributed by atoms with Crippen molar-refractivity contribution in [2.75, 3.05) is 0 Å². The Kier molecular flexibility index (Phi) is 4.39. The Morgan fingerprint density at radius 1 is 0.488 bits per heavy atom. The molecule has 0 radical (unpaired) electrons. The second-order valence-electron chi connectivity index (χ2n) is 11.7. The molecule has 0 bridgehead atoms. The number of pyridine rings is 1. The molecule has 9 rings (SSSR count). The summed E-state index contributed by atoms with van der Waals surface area (Å²) in [6, 6.07) is 46.1. The van der Waals surface area contributed by atoms with Gasteiger partial charge < -0.3 is 4.57 Å². The Balaban J connectivity index is 1.38. The van der Waals surface area contributed by atoms with E-state index in [1.165, 1.54) is 38.7 Å². The predicted octanol–water partition coefficient (Wildman–Crippen LogP) is 9.58. The summed E-state index contributed by atoms with van der Waals surface area (Å²) in [7, 11) is 0. The summed E-state index contributed by atoms with van der Waals surface area (Å²) in [4.78, 5) is 5.48. The lowest BCUT2D eigenvalue weighted by Gasteiger charge is -2.22. The van der Waals surface area contributed by atoms with E-state index in [0.717, 1.165) is 38.8 Å². The smallest absolute Gasteiger partial charge is 0.146 e. The summed E-state index contributed by atoms with van der Waals surface area (Å²) in [5.74, 6) is 0. The van der Waals surface area contributed by atoms with Gasteiger partial charge in [-0.25, -0.2) is 4.98 Å². The number of hydrogen-bond acceptors (Lipinski definition) is 1. The van der Waals surface area contributed by atoms with Gasteiger partial charge in [0.15, 0.2) is 0 Å². The first-order chi connectivity index (χ1) is 20.1. The number of para-hydroxylation sites is 3. The Hall–Kier alpha value is -5.15. The molecule has 1 aliphatic rings. The van der Waals surface area contributed by atoms with Gasteiger partial charge in [-0.15, -0.1) is 0 Å². The maximum atomic E-state index is 5.48. The van der Waals surface area contributed by atoms with Gasteiger partial charge in [-0.3, -0.25) is 4.57 Å². The minimum Gasteiger partial charge on any atom is -0.308 e. The normalized spacial score (nSPS) is 13.8. The molecule has 3 nitrogen and oxygen atoms in total. The van der Waals surface area contributed by atoms with Crippen LogP contribution in [0.3, 0.4) is 0 Å². The third-order valence-electron chi connectivity index (χ3n) is 9.11. The highest BCUT2D eigenvalue weighted by Gasteiger charge is 2.35. The molecule has 0 saturated carbocycles. The minimum atomic E-state index is -0.0650. The molecule has 0 unspecified atom stereocenters. The van der Waals surface area contributed by atoms with E-state index >= 15 is 0 Å². The summed E-state index contributed by atoms with van der Waals surface area (Å²) < 4.78 is 4.70. The number of hydrogen-bond donors (Lipinski definition) is 0. The molecule has 0 spiro atoms.